The van der Waals surface area contributed by atoms with Crippen LogP contribution in [0.2, 0.25) is 0 Å². The zero-order chi connectivity index (χ0) is 17.0. The Kier molecular flexibility index (Phi) is 7.94. The normalized spacial score (nSPS) is 10.5. The summed E-state index contributed by atoms with van der Waals surface area (Å²) in [6.45, 7) is 3.00. The Bertz CT molecular complexity index is 592. The highest BCUT2D eigenvalue weighted by Crippen LogP contribution is 2.12. The van der Waals surface area contributed by atoms with Gasteiger partial charge < -0.3 is 14.5 Å². The molecule has 4 heteroatoms. The molecule has 0 unspecified atom stereocenters. The average Bonchev–Trinajstić information content (AvgIpc) is 3.07. The number of esters is 1. The second kappa shape index (κ2) is 10.5. The molecule has 1 aromatic carbocycles. The van der Waals surface area contributed by atoms with Crippen molar-refractivity contribution in [3.8, 4) is 5.75 Å². The van der Waals surface area contributed by atoms with Gasteiger partial charge in [0.25, 0.3) is 0 Å². The molecule has 24 heavy (non-hydrogen) atoms. The number of ether oxygens (including phenoxy) is 2. The third-order valence-electron chi connectivity index (χ3n) is 3.84. The van der Waals surface area contributed by atoms with Crippen LogP contribution in [0.25, 0.3) is 0 Å². The lowest BCUT2D eigenvalue weighted by Gasteiger charge is -2.05. The summed E-state index contributed by atoms with van der Waals surface area (Å²) in [4.78, 5) is 14.7. The van der Waals surface area contributed by atoms with Crippen LogP contribution in [0.15, 0.2) is 42.5 Å². The summed E-state index contributed by atoms with van der Waals surface area (Å²) in [5, 5.41) is 0. The van der Waals surface area contributed by atoms with E-state index in [1.807, 2.05) is 43.3 Å². The van der Waals surface area contributed by atoms with E-state index in [9.17, 15) is 4.79 Å². The maximum absolute atomic E-state index is 11.6. The first-order chi connectivity index (χ1) is 11.8. The molecule has 2 aromatic rings. The fourth-order valence-corrected chi connectivity index (χ4v) is 2.57. The maximum atomic E-state index is 11.6. The van der Waals surface area contributed by atoms with E-state index in [1.165, 1.54) is 19.3 Å². The van der Waals surface area contributed by atoms with E-state index in [2.05, 4.69) is 4.98 Å². The summed E-state index contributed by atoms with van der Waals surface area (Å²) in [7, 11) is 0. The van der Waals surface area contributed by atoms with Crippen LogP contribution in [-0.2, 0) is 11.2 Å². The molecule has 130 valence electrons. The number of aryl methyl sites for hydroxylation is 1. The predicted molar refractivity (Wildman–Crippen MR) is 95.5 cm³/mol. The van der Waals surface area contributed by atoms with Crippen molar-refractivity contribution in [2.75, 3.05) is 13.2 Å². The molecule has 0 aliphatic rings. The van der Waals surface area contributed by atoms with Crippen molar-refractivity contribution in [3.05, 3.63) is 53.9 Å². The smallest absolute Gasteiger partial charge is 0.354 e. The first-order valence-electron chi connectivity index (χ1n) is 8.82. The quantitative estimate of drug-likeness (QED) is 0.477. The molecule has 4 nitrogen and oxygen atoms in total. The first-order valence-corrected chi connectivity index (χ1v) is 8.82. The van der Waals surface area contributed by atoms with Gasteiger partial charge in [-0.05, 0) is 50.5 Å². The fourth-order valence-electron chi connectivity index (χ4n) is 2.57. The van der Waals surface area contributed by atoms with Crippen molar-refractivity contribution < 1.29 is 14.3 Å². The number of carbonyl (C=O) groups is 1. The predicted octanol–water partition coefficient (Wildman–Crippen LogP) is 4.76. The summed E-state index contributed by atoms with van der Waals surface area (Å²) in [5.74, 6) is 0.670. The lowest BCUT2D eigenvalue weighted by atomic mass is 10.1. The fraction of sp³-hybridized carbons (Fsp3) is 0.450. The highest BCUT2D eigenvalue weighted by Gasteiger charge is 2.08. The van der Waals surface area contributed by atoms with Crippen molar-refractivity contribution in [3.63, 3.8) is 0 Å². The molecule has 0 amide bonds. The Morgan fingerprint density at radius 1 is 0.958 bits per heavy atom. The van der Waals surface area contributed by atoms with Crippen molar-refractivity contribution in [2.24, 2.45) is 0 Å². The monoisotopic (exact) mass is 329 g/mol. The highest BCUT2D eigenvalue weighted by molar-refractivity contribution is 5.87. The third kappa shape index (κ3) is 6.49. The third-order valence-corrected chi connectivity index (χ3v) is 3.84. The Morgan fingerprint density at radius 2 is 1.71 bits per heavy atom. The summed E-state index contributed by atoms with van der Waals surface area (Å²) < 4.78 is 10.6. The minimum atomic E-state index is -0.276. The van der Waals surface area contributed by atoms with E-state index in [1.54, 1.807) is 6.07 Å². The van der Waals surface area contributed by atoms with Gasteiger partial charge in [0.15, 0.2) is 0 Å². The van der Waals surface area contributed by atoms with Gasteiger partial charge in [0.05, 0.1) is 13.2 Å². The summed E-state index contributed by atoms with van der Waals surface area (Å²) in [5.41, 5.74) is 1.65. The number of benzene rings is 1. The number of aromatic amines is 1. The second-order valence-corrected chi connectivity index (χ2v) is 5.80. The number of hydrogen-bond donors (Lipinski definition) is 1. The molecule has 2 rings (SSSR count). The molecule has 0 fully saturated rings. The van der Waals surface area contributed by atoms with Gasteiger partial charge in [-0.25, -0.2) is 4.79 Å². The number of para-hydroxylation sites is 1. The molecule has 1 aromatic heterocycles. The highest BCUT2D eigenvalue weighted by atomic mass is 16.5. The molecular formula is C20H27NO3. The van der Waals surface area contributed by atoms with Crippen LogP contribution in [0.5, 0.6) is 5.75 Å². The van der Waals surface area contributed by atoms with Gasteiger partial charge in [0.1, 0.15) is 11.4 Å². The van der Waals surface area contributed by atoms with E-state index in [-0.39, 0.29) is 5.97 Å². The topological polar surface area (TPSA) is 51.3 Å². The molecule has 0 bridgehead atoms. The van der Waals surface area contributed by atoms with Gasteiger partial charge in [-0.1, -0.05) is 37.5 Å². The lowest BCUT2D eigenvalue weighted by molar-refractivity contribution is 0.0520. The van der Waals surface area contributed by atoms with Gasteiger partial charge in [-0.15, -0.1) is 0 Å². The van der Waals surface area contributed by atoms with Crippen LogP contribution in [0.1, 0.15) is 55.2 Å². The Balaban J connectivity index is 1.50. The van der Waals surface area contributed by atoms with Crippen molar-refractivity contribution in [1.82, 2.24) is 4.98 Å². The number of unbranched alkanes of at least 4 members (excludes halogenated alkanes) is 4. The van der Waals surface area contributed by atoms with Gasteiger partial charge in [-0.3, -0.25) is 0 Å². The molecule has 0 aliphatic heterocycles. The molecule has 0 radical (unpaired) electrons. The van der Waals surface area contributed by atoms with Gasteiger partial charge in [-0.2, -0.15) is 0 Å². The van der Waals surface area contributed by atoms with Crippen molar-refractivity contribution in [1.29, 1.82) is 0 Å². The van der Waals surface area contributed by atoms with E-state index in [0.29, 0.717) is 12.3 Å². The van der Waals surface area contributed by atoms with Crippen LogP contribution in [0, 0.1) is 0 Å². The summed E-state index contributed by atoms with van der Waals surface area (Å²) in [6, 6.07) is 13.7. The number of aromatic nitrogens is 1. The van der Waals surface area contributed by atoms with Gasteiger partial charge >= 0.3 is 5.97 Å². The molecule has 0 saturated carbocycles. The Labute approximate surface area is 144 Å². The van der Waals surface area contributed by atoms with E-state index >= 15 is 0 Å². The largest absolute Gasteiger partial charge is 0.494 e. The van der Waals surface area contributed by atoms with Crippen LogP contribution < -0.4 is 4.74 Å². The number of nitrogens with one attached hydrogen (secondary N) is 1. The van der Waals surface area contributed by atoms with E-state index in [4.69, 9.17) is 9.47 Å². The molecule has 0 aliphatic carbocycles. The van der Waals surface area contributed by atoms with Crippen LogP contribution in [-0.4, -0.2) is 24.2 Å². The van der Waals surface area contributed by atoms with E-state index in [0.717, 1.165) is 37.3 Å². The van der Waals surface area contributed by atoms with Crippen LogP contribution >= 0.6 is 0 Å². The molecule has 0 atom stereocenters. The van der Waals surface area contributed by atoms with Crippen LogP contribution in [0.4, 0.5) is 0 Å². The minimum Gasteiger partial charge on any atom is -0.494 e. The number of carbonyl (C=O) groups excluding carboxylic acids is 1. The number of rotatable bonds is 11. The Hall–Kier alpha value is -2.23. The molecule has 1 N–H and O–H groups in total. The second-order valence-electron chi connectivity index (χ2n) is 5.80. The zero-order valence-electron chi connectivity index (χ0n) is 14.4. The van der Waals surface area contributed by atoms with Crippen molar-refractivity contribution in [2.45, 2.75) is 45.4 Å². The van der Waals surface area contributed by atoms with Gasteiger partial charge in [0, 0.05) is 5.69 Å². The first kappa shape index (κ1) is 18.1. The zero-order valence-corrected chi connectivity index (χ0v) is 14.4. The SMILES string of the molecule is CCOC(=O)c1ccc(CCCCCCCOc2ccccc2)[nH]1. The minimum absolute atomic E-state index is 0.276. The molecular weight excluding hydrogens is 302 g/mol. The van der Waals surface area contributed by atoms with Crippen LogP contribution in [0.3, 0.4) is 0 Å². The molecule has 0 saturated heterocycles. The Morgan fingerprint density at radius 3 is 2.50 bits per heavy atom. The van der Waals surface area contributed by atoms with Gasteiger partial charge in [0.2, 0.25) is 0 Å². The molecule has 0 spiro atoms. The summed E-state index contributed by atoms with van der Waals surface area (Å²) in [6.07, 6.45) is 6.78. The standard InChI is InChI=1S/C20H27NO3/c1-2-23-20(22)19-15-14-17(21-19)11-7-4-3-5-10-16-24-18-12-8-6-9-13-18/h6,8-9,12-15,21H,2-5,7,10-11,16H2,1H3. The number of hydrogen-bond acceptors (Lipinski definition) is 3. The van der Waals surface area contributed by atoms with Crippen molar-refractivity contribution >= 4 is 5.97 Å². The number of H-pyrrole nitrogens is 1. The average molecular weight is 329 g/mol. The maximum Gasteiger partial charge on any atom is 0.354 e. The lowest BCUT2D eigenvalue weighted by Crippen LogP contribution is -2.05. The molecule has 1 heterocycles. The summed E-state index contributed by atoms with van der Waals surface area (Å²) >= 11 is 0. The van der Waals surface area contributed by atoms with E-state index < -0.39 is 0 Å².